The van der Waals surface area contributed by atoms with Crippen LogP contribution in [0.1, 0.15) is 12.0 Å². The molecule has 1 aromatic carbocycles. The minimum absolute atomic E-state index is 0.249. The molecule has 1 aliphatic rings. The average Bonchev–Trinajstić information content (AvgIpc) is 2.38. The number of likely N-dealkylation sites (tertiary alicyclic amines) is 1. The van der Waals surface area contributed by atoms with E-state index in [1.54, 1.807) is 6.07 Å². The van der Waals surface area contributed by atoms with Crippen LogP contribution >= 0.6 is 11.6 Å². The van der Waals surface area contributed by atoms with E-state index in [1.165, 1.54) is 0 Å². The van der Waals surface area contributed by atoms with E-state index in [1.807, 2.05) is 23.1 Å². The maximum absolute atomic E-state index is 11.2. The predicted octanol–water partition coefficient (Wildman–Crippen LogP) is 1.95. The largest absolute Gasteiger partial charge is 0.481 e. The van der Waals surface area contributed by atoms with Gasteiger partial charge in [0, 0.05) is 18.1 Å². The minimum Gasteiger partial charge on any atom is -0.481 e. The normalized spacial score (nSPS) is 23.4. The zero-order valence-corrected chi connectivity index (χ0v) is 11.6. The number of carboxylic acids is 2. The minimum atomic E-state index is -1.05. The summed E-state index contributed by atoms with van der Waals surface area (Å²) in [7, 11) is 0. The number of rotatable bonds is 4. The van der Waals surface area contributed by atoms with Crippen LogP contribution in [0.3, 0.4) is 0 Å². The van der Waals surface area contributed by atoms with Crippen molar-refractivity contribution in [3.8, 4) is 0 Å². The van der Waals surface area contributed by atoms with Crippen LogP contribution < -0.4 is 0 Å². The monoisotopic (exact) mass is 297 g/mol. The summed E-state index contributed by atoms with van der Waals surface area (Å²) < 4.78 is 0. The summed E-state index contributed by atoms with van der Waals surface area (Å²) in [6.45, 7) is 1.41. The molecule has 1 heterocycles. The summed E-state index contributed by atoms with van der Waals surface area (Å²) in [6.07, 6.45) is 0.354. The standard InChI is InChI=1S/C14H16ClNO4/c15-10-3-1-2-9(6-10)7-16-5-4-11(13(17)18)12(8-16)14(19)20/h1-3,6,11-12H,4-5,7-8H2,(H,17,18)(H,19,20). The average molecular weight is 298 g/mol. The first-order chi connectivity index (χ1) is 9.47. The number of aliphatic carboxylic acids is 2. The Balaban J connectivity index is 2.05. The van der Waals surface area contributed by atoms with Crippen molar-refractivity contribution < 1.29 is 19.8 Å². The molecule has 2 N–H and O–H groups in total. The first-order valence-electron chi connectivity index (χ1n) is 6.40. The van der Waals surface area contributed by atoms with Gasteiger partial charge in [0.15, 0.2) is 0 Å². The van der Waals surface area contributed by atoms with Crippen molar-refractivity contribution in [3.05, 3.63) is 34.9 Å². The van der Waals surface area contributed by atoms with E-state index in [-0.39, 0.29) is 6.54 Å². The Morgan fingerprint density at radius 3 is 2.55 bits per heavy atom. The molecule has 1 aliphatic heterocycles. The molecule has 0 amide bonds. The molecule has 0 aliphatic carbocycles. The Morgan fingerprint density at radius 2 is 1.95 bits per heavy atom. The molecule has 0 radical (unpaired) electrons. The van der Waals surface area contributed by atoms with Crippen LogP contribution in [0.4, 0.5) is 0 Å². The number of carboxylic acid groups (broad SMARTS) is 2. The molecule has 0 spiro atoms. The van der Waals surface area contributed by atoms with Gasteiger partial charge in [-0.2, -0.15) is 0 Å². The van der Waals surface area contributed by atoms with Crippen molar-refractivity contribution in [3.63, 3.8) is 0 Å². The Kier molecular flexibility index (Phi) is 4.62. The lowest BCUT2D eigenvalue weighted by atomic mass is 9.85. The lowest BCUT2D eigenvalue weighted by Crippen LogP contribution is -2.46. The van der Waals surface area contributed by atoms with Gasteiger partial charge in [0.25, 0.3) is 0 Å². The van der Waals surface area contributed by atoms with Crippen LogP contribution in [-0.2, 0) is 16.1 Å². The molecular formula is C14H16ClNO4. The summed E-state index contributed by atoms with van der Waals surface area (Å²) in [5, 5.41) is 18.9. The molecule has 1 saturated heterocycles. The fraction of sp³-hybridized carbons (Fsp3) is 0.429. The van der Waals surface area contributed by atoms with Crippen molar-refractivity contribution in [2.45, 2.75) is 13.0 Å². The van der Waals surface area contributed by atoms with Gasteiger partial charge in [-0.1, -0.05) is 23.7 Å². The number of piperidine rings is 1. The maximum atomic E-state index is 11.2. The molecule has 5 nitrogen and oxygen atoms in total. The third kappa shape index (κ3) is 3.49. The van der Waals surface area contributed by atoms with Gasteiger partial charge in [-0.3, -0.25) is 14.5 Å². The van der Waals surface area contributed by atoms with Crippen LogP contribution in [0.5, 0.6) is 0 Å². The lowest BCUT2D eigenvalue weighted by molar-refractivity contribution is -0.157. The van der Waals surface area contributed by atoms with Crippen LogP contribution in [0, 0.1) is 11.8 Å². The Bertz CT molecular complexity index is 520. The van der Waals surface area contributed by atoms with Crippen LogP contribution in [-0.4, -0.2) is 40.1 Å². The first-order valence-corrected chi connectivity index (χ1v) is 6.77. The van der Waals surface area contributed by atoms with Gasteiger partial charge in [-0.05, 0) is 30.7 Å². The van der Waals surface area contributed by atoms with E-state index in [0.29, 0.717) is 24.5 Å². The molecule has 0 bridgehead atoms. The Hall–Kier alpha value is -1.59. The smallest absolute Gasteiger partial charge is 0.308 e. The molecule has 2 unspecified atom stereocenters. The topological polar surface area (TPSA) is 77.8 Å². The highest BCUT2D eigenvalue weighted by Gasteiger charge is 2.38. The van der Waals surface area contributed by atoms with Gasteiger partial charge in [0.1, 0.15) is 0 Å². The van der Waals surface area contributed by atoms with Crippen molar-refractivity contribution in [2.75, 3.05) is 13.1 Å². The second-order valence-electron chi connectivity index (χ2n) is 5.04. The predicted molar refractivity (Wildman–Crippen MR) is 73.6 cm³/mol. The highest BCUT2D eigenvalue weighted by atomic mass is 35.5. The van der Waals surface area contributed by atoms with E-state index in [9.17, 15) is 14.7 Å². The molecule has 0 aromatic heterocycles. The fourth-order valence-electron chi connectivity index (χ4n) is 2.60. The van der Waals surface area contributed by atoms with E-state index in [0.717, 1.165) is 5.56 Å². The summed E-state index contributed by atoms with van der Waals surface area (Å²) in [5.41, 5.74) is 0.996. The number of hydrogen-bond acceptors (Lipinski definition) is 3. The number of nitrogens with zero attached hydrogens (tertiary/aromatic N) is 1. The fourth-order valence-corrected chi connectivity index (χ4v) is 2.82. The van der Waals surface area contributed by atoms with E-state index in [2.05, 4.69) is 0 Å². The van der Waals surface area contributed by atoms with Gasteiger partial charge >= 0.3 is 11.9 Å². The second-order valence-corrected chi connectivity index (χ2v) is 5.48. The number of halogens is 1. The molecule has 0 saturated carbocycles. The highest BCUT2D eigenvalue weighted by molar-refractivity contribution is 6.30. The van der Waals surface area contributed by atoms with Crippen molar-refractivity contribution >= 4 is 23.5 Å². The Morgan fingerprint density at radius 1 is 1.25 bits per heavy atom. The van der Waals surface area contributed by atoms with Crippen molar-refractivity contribution in [1.29, 1.82) is 0 Å². The summed E-state index contributed by atoms with van der Waals surface area (Å²) >= 11 is 5.92. The molecular weight excluding hydrogens is 282 g/mol. The van der Waals surface area contributed by atoms with Crippen LogP contribution in [0.2, 0.25) is 5.02 Å². The second kappa shape index (κ2) is 6.24. The van der Waals surface area contributed by atoms with E-state index >= 15 is 0 Å². The van der Waals surface area contributed by atoms with Crippen LogP contribution in [0.15, 0.2) is 24.3 Å². The SMILES string of the molecule is O=C(O)C1CCN(Cc2cccc(Cl)c2)CC1C(=O)O. The van der Waals surface area contributed by atoms with E-state index < -0.39 is 23.8 Å². The number of hydrogen-bond donors (Lipinski definition) is 2. The van der Waals surface area contributed by atoms with Gasteiger partial charge in [0.05, 0.1) is 11.8 Å². The van der Waals surface area contributed by atoms with Gasteiger partial charge in [-0.25, -0.2) is 0 Å². The molecule has 2 rings (SSSR count). The first kappa shape index (κ1) is 14.8. The quantitative estimate of drug-likeness (QED) is 0.888. The van der Waals surface area contributed by atoms with Crippen molar-refractivity contribution in [1.82, 2.24) is 4.90 Å². The van der Waals surface area contributed by atoms with Crippen molar-refractivity contribution in [2.24, 2.45) is 11.8 Å². The zero-order chi connectivity index (χ0) is 14.7. The zero-order valence-electron chi connectivity index (χ0n) is 10.8. The summed E-state index contributed by atoms with van der Waals surface area (Å²) in [4.78, 5) is 24.3. The molecule has 20 heavy (non-hydrogen) atoms. The number of benzene rings is 1. The molecule has 1 aromatic rings. The van der Waals surface area contributed by atoms with Gasteiger partial charge in [-0.15, -0.1) is 0 Å². The Labute approximate surface area is 121 Å². The number of carbonyl (C=O) groups is 2. The molecule has 6 heteroatoms. The highest BCUT2D eigenvalue weighted by Crippen LogP contribution is 2.25. The maximum Gasteiger partial charge on any atom is 0.308 e. The van der Waals surface area contributed by atoms with Crippen LogP contribution in [0.25, 0.3) is 0 Å². The summed E-state index contributed by atoms with van der Waals surface area (Å²) in [5.74, 6) is -3.74. The summed E-state index contributed by atoms with van der Waals surface area (Å²) in [6, 6.07) is 7.38. The molecule has 108 valence electrons. The third-order valence-electron chi connectivity index (χ3n) is 3.63. The van der Waals surface area contributed by atoms with Gasteiger partial charge < -0.3 is 10.2 Å². The lowest BCUT2D eigenvalue weighted by Gasteiger charge is -2.34. The van der Waals surface area contributed by atoms with E-state index in [4.69, 9.17) is 16.7 Å². The molecule has 2 atom stereocenters. The van der Waals surface area contributed by atoms with Gasteiger partial charge in [0.2, 0.25) is 0 Å². The molecule has 1 fully saturated rings. The third-order valence-corrected chi connectivity index (χ3v) is 3.86.